The number of ketones is 1. The first-order valence-corrected chi connectivity index (χ1v) is 8.42. The molecule has 0 N–H and O–H groups in total. The molecule has 2 aliphatic rings. The SMILES string of the molecule is C=Cc1c(C/C=C\C)oc2c1C=C1SCCC(=O)C1[C@H]2C. The highest BCUT2D eigenvalue weighted by Gasteiger charge is 2.39. The van der Waals surface area contributed by atoms with Crippen LogP contribution in [0.25, 0.3) is 12.2 Å². The van der Waals surface area contributed by atoms with Crippen molar-refractivity contribution in [2.75, 3.05) is 5.75 Å². The van der Waals surface area contributed by atoms with Gasteiger partial charge in [-0.1, -0.05) is 31.7 Å². The minimum absolute atomic E-state index is 0.00497. The van der Waals surface area contributed by atoms with Gasteiger partial charge in [0, 0.05) is 35.6 Å². The summed E-state index contributed by atoms with van der Waals surface area (Å²) in [6, 6.07) is 0. The van der Waals surface area contributed by atoms with Crippen LogP contribution in [0.4, 0.5) is 0 Å². The molecule has 0 bridgehead atoms. The van der Waals surface area contributed by atoms with Crippen LogP contribution in [-0.2, 0) is 11.2 Å². The second-order valence-electron chi connectivity index (χ2n) is 5.57. The van der Waals surface area contributed by atoms with Crippen molar-refractivity contribution in [2.24, 2.45) is 5.92 Å². The zero-order valence-corrected chi connectivity index (χ0v) is 13.3. The molecule has 1 saturated heterocycles. The van der Waals surface area contributed by atoms with Gasteiger partial charge in [-0.15, -0.1) is 11.8 Å². The maximum absolute atomic E-state index is 12.3. The summed E-state index contributed by atoms with van der Waals surface area (Å²) in [5.74, 6) is 3.27. The lowest BCUT2D eigenvalue weighted by atomic mass is 9.80. The lowest BCUT2D eigenvalue weighted by Gasteiger charge is -2.31. The highest BCUT2D eigenvalue weighted by molar-refractivity contribution is 8.03. The molecule has 0 aromatic carbocycles. The normalized spacial score (nSPS) is 24.7. The van der Waals surface area contributed by atoms with Crippen molar-refractivity contribution >= 4 is 29.7 Å². The number of furan rings is 1. The van der Waals surface area contributed by atoms with Gasteiger partial charge in [-0.3, -0.25) is 4.79 Å². The van der Waals surface area contributed by atoms with Crippen molar-refractivity contribution in [1.82, 2.24) is 0 Å². The number of rotatable bonds is 3. The van der Waals surface area contributed by atoms with Crippen molar-refractivity contribution < 1.29 is 9.21 Å². The summed E-state index contributed by atoms with van der Waals surface area (Å²) in [5, 5.41) is 0. The highest BCUT2D eigenvalue weighted by atomic mass is 32.2. The molecule has 0 radical (unpaired) electrons. The van der Waals surface area contributed by atoms with Crippen molar-refractivity contribution in [2.45, 2.75) is 32.6 Å². The van der Waals surface area contributed by atoms with Gasteiger partial charge in [0.15, 0.2) is 0 Å². The quantitative estimate of drug-likeness (QED) is 0.750. The van der Waals surface area contributed by atoms with Crippen LogP contribution in [0.3, 0.4) is 0 Å². The van der Waals surface area contributed by atoms with E-state index >= 15 is 0 Å². The summed E-state index contributed by atoms with van der Waals surface area (Å²) in [6.07, 6.45) is 9.58. The molecule has 1 aliphatic carbocycles. The van der Waals surface area contributed by atoms with Crippen LogP contribution >= 0.6 is 11.8 Å². The third-order valence-electron chi connectivity index (χ3n) is 4.30. The number of carbonyl (C=O) groups is 1. The molecule has 21 heavy (non-hydrogen) atoms. The van der Waals surface area contributed by atoms with Gasteiger partial charge in [-0.25, -0.2) is 0 Å². The maximum atomic E-state index is 12.3. The van der Waals surface area contributed by atoms with E-state index in [0.29, 0.717) is 12.2 Å². The van der Waals surface area contributed by atoms with Gasteiger partial charge in [0.1, 0.15) is 17.3 Å². The summed E-state index contributed by atoms with van der Waals surface area (Å²) in [4.78, 5) is 13.5. The molecule has 1 unspecified atom stereocenters. The Kier molecular flexibility index (Phi) is 3.94. The first-order valence-electron chi connectivity index (χ1n) is 7.43. The molecule has 0 amide bonds. The number of carbonyl (C=O) groups excluding carboxylic acids is 1. The number of thioether (sulfide) groups is 1. The van der Waals surface area contributed by atoms with E-state index in [4.69, 9.17) is 4.42 Å². The van der Waals surface area contributed by atoms with E-state index in [1.54, 1.807) is 0 Å². The van der Waals surface area contributed by atoms with Gasteiger partial charge < -0.3 is 4.42 Å². The predicted octanol–water partition coefficient (Wildman–Crippen LogP) is 4.82. The molecule has 3 rings (SSSR count). The number of fused-ring (bicyclic) bond motifs is 2. The number of hydrogen-bond donors (Lipinski definition) is 0. The van der Waals surface area contributed by atoms with Gasteiger partial charge >= 0.3 is 0 Å². The Hall–Kier alpha value is -1.48. The molecular formula is C18H20O2S. The second kappa shape index (κ2) is 5.72. The van der Waals surface area contributed by atoms with Gasteiger partial charge in [-0.2, -0.15) is 0 Å². The minimum Gasteiger partial charge on any atom is -0.464 e. The Morgan fingerprint density at radius 3 is 3.05 bits per heavy atom. The fraction of sp³-hybridized carbons (Fsp3) is 0.389. The van der Waals surface area contributed by atoms with Crippen molar-refractivity contribution in [1.29, 1.82) is 0 Å². The molecule has 3 heteroatoms. The van der Waals surface area contributed by atoms with Gasteiger partial charge in [0.25, 0.3) is 0 Å². The molecule has 0 spiro atoms. The lowest BCUT2D eigenvalue weighted by Crippen LogP contribution is -2.28. The van der Waals surface area contributed by atoms with Crippen molar-refractivity contribution in [3.8, 4) is 0 Å². The molecule has 1 fully saturated rings. The largest absolute Gasteiger partial charge is 0.464 e. The van der Waals surface area contributed by atoms with E-state index in [0.717, 1.165) is 34.8 Å². The molecule has 110 valence electrons. The Morgan fingerprint density at radius 2 is 2.33 bits per heavy atom. The Balaban J connectivity index is 2.10. The third-order valence-corrected chi connectivity index (χ3v) is 5.42. The summed E-state index contributed by atoms with van der Waals surface area (Å²) in [6.45, 7) is 8.05. The average molecular weight is 300 g/mol. The molecule has 2 nitrogen and oxygen atoms in total. The van der Waals surface area contributed by atoms with Crippen LogP contribution < -0.4 is 0 Å². The molecule has 1 aromatic heterocycles. The standard InChI is InChI=1S/C18H20O2S/c1-4-6-7-15-12(5-2)13-10-16-17(11(3)18(13)20-15)14(19)8-9-21-16/h4-6,10-11,17H,2,7-9H2,1,3H3/b6-4-/t11-,17?/m1/s1. The average Bonchev–Trinajstić information content (AvgIpc) is 2.83. The number of Topliss-reactive ketones (excluding diaryl/α,β-unsaturated/α-hetero) is 1. The predicted molar refractivity (Wildman–Crippen MR) is 89.3 cm³/mol. The van der Waals surface area contributed by atoms with Crippen molar-refractivity contribution in [3.05, 3.63) is 46.3 Å². The summed E-state index contributed by atoms with van der Waals surface area (Å²) in [7, 11) is 0. The highest BCUT2D eigenvalue weighted by Crippen LogP contribution is 2.48. The van der Waals surface area contributed by atoms with Gasteiger partial charge in [0.2, 0.25) is 0 Å². The van der Waals surface area contributed by atoms with E-state index in [9.17, 15) is 4.79 Å². The van der Waals surface area contributed by atoms with E-state index in [1.165, 1.54) is 4.91 Å². The van der Waals surface area contributed by atoms with Crippen LogP contribution in [0.2, 0.25) is 0 Å². The summed E-state index contributed by atoms with van der Waals surface area (Å²) < 4.78 is 6.11. The van der Waals surface area contributed by atoms with Gasteiger partial charge in [-0.05, 0) is 17.9 Å². The van der Waals surface area contributed by atoms with Crippen LogP contribution in [-0.4, -0.2) is 11.5 Å². The minimum atomic E-state index is -0.00497. The topological polar surface area (TPSA) is 30.2 Å². The summed E-state index contributed by atoms with van der Waals surface area (Å²) in [5.41, 5.74) is 2.21. The summed E-state index contributed by atoms with van der Waals surface area (Å²) >= 11 is 1.81. The van der Waals surface area contributed by atoms with E-state index < -0.39 is 0 Å². The van der Waals surface area contributed by atoms with Gasteiger partial charge in [0.05, 0.1) is 5.92 Å². The number of allylic oxidation sites excluding steroid dienone is 3. The van der Waals surface area contributed by atoms with Crippen molar-refractivity contribution in [3.63, 3.8) is 0 Å². The van der Waals surface area contributed by atoms with E-state index in [2.05, 4.69) is 25.7 Å². The third kappa shape index (κ3) is 2.34. The first-order chi connectivity index (χ1) is 10.2. The fourth-order valence-corrected chi connectivity index (χ4v) is 4.49. The second-order valence-corrected chi connectivity index (χ2v) is 6.74. The van der Waals surface area contributed by atoms with Crippen LogP contribution in [0.15, 0.2) is 28.1 Å². The molecule has 2 heterocycles. The Labute approximate surface area is 130 Å². The first kappa shape index (κ1) is 14.5. The van der Waals surface area contributed by atoms with E-state index in [-0.39, 0.29) is 11.8 Å². The molecule has 1 aromatic rings. The zero-order chi connectivity index (χ0) is 15.0. The Bertz CT molecular complexity index is 648. The number of hydrogen-bond acceptors (Lipinski definition) is 3. The molecule has 1 aliphatic heterocycles. The Morgan fingerprint density at radius 1 is 1.52 bits per heavy atom. The smallest absolute Gasteiger partial charge is 0.142 e. The maximum Gasteiger partial charge on any atom is 0.142 e. The molecule has 2 atom stereocenters. The van der Waals surface area contributed by atoms with Crippen LogP contribution in [0, 0.1) is 5.92 Å². The van der Waals surface area contributed by atoms with Crippen LogP contribution in [0.1, 0.15) is 48.8 Å². The lowest BCUT2D eigenvalue weighted by molar-refractivity contribution is -0.122. The molecular weight excluding hydrogens is 280 g/mol. The fourth-order valence-electron chi connectivity index (χ4n) is 3.24. The zero-order valence-electron chi connectivity index (χ0n) is 12.5. The van der Waals surface area contributed by atoms with E-state index in [1.807, 2.05) is 30.8 Å². The monoisotopic (exact) mass is 300 g/mol. The molecule has 0 saturated carbocycles. The van der Waals surface area contributed by atoms with Crippen LogP contribution in [0.5, 0.6) is 0 Å².